The fourth-order valence-corrected chi connectivity index (χ4v) is 9.06. The van der Waals surface area contributed by atoms with E-state index in [1.54, 1.807) is 16.2 Å². The molecule has 3 aliphatic rings. The number of rotatable bonds is 6. The van der Waals surface area contributed by atoms with Gasteiger partial charge >= 0.3 is 0 Å². The second kappa shape index (κ2) is 10.9. The summed E-state index contributed by atoms with van der Waals surface area (Å²) in [7, 11) is -4.55. The van der Waals surface area contributed by atoms with Crippen LogP contribution in [0.15, 0.2) is 113 Å². The molecule has 2 unspecified atom stereocenters. The lowest BCUT2D eigenvalue weighted by Gasteiger charge is -2.23. The molecule has 2 aliphatic carbocycles. The summed E-state index contributed by atoms with van der Waals surface area (Å²) < 4.78 is 38.9. The van der Waals surface area contributed by atoms with Crippen LogP contribution in [0.25, 0.3) is 28.5 Å². The first-order chi connectivity index (χ1) is 20.4. The van der Waals surface area contributed by atoms with Gasteiger partial charge in [0.2, 0.25) is 5.69 Å². The van der Waals surface area contributed by atoms with Crippen molar-refractivity contribution in [1.82, 2.24) is 0 Å². The maximum absolute atomic E-state index is 12.2. The van der Waals surface area contributed by atoms with E-state index >= 15 is 0 Å². The number of thioether (sulfide) groups is 1. The molecular formula is C34H28N2O3S3. The molecule has 1 aromatic heterocycles. The maximum Gasteiger partial charge on any atom is 0.263 e. The molecule has 0 saturated heterocycles. The fourth-order valence-electron chi connectivity index (χ4n) is 6.02. The van der Waals surface area contributed by atoms with Crippen molar-refractivity contribution in [3.63, 3.8) is 0 Å². The Bertz CT molecular complexity index is 1970. The van der Waals surface area contributed by atoms with E-state index in [1.807, 2.05) is 60.7 Å². The predicted octanol–water partition coefficient (Wildman–Crippen LogP) is 7.56. The Morgan fingerprint density at radius 2 is 1.79 bits per heavy atom. The normalized spacial score (nSPS) is 20.3. The molecule has 210 valence electrons. The van der Waals surface area contributed by atoms with E-state index in [4.69, 9.17) is 0 Å². The van der Waals surface area contributed by atoms with Gasteiger partial charge in [-0.15, -0.1) is 0 Å². The summed E-state index contributed by atoms with van der Waals surface area (Å²) >= 11 is 3.27. The van der Waals surface area contributed by atoms with Crippen molar-refractivity contribution in [1.29, 1.82) is 0 Å². The quantitative estimate of drug-likeness (QED) is 0.167. The number of hydrogen-bond acceptors (Lipinski definition) is 6. The van der Waals surface area contributed by atoms with Gasteiger partial charge in [0.05, 0.1) is 16.6 Å². The van der Waals surface area contributed by atoms with Gasteiger partial charge in [0.1, 0.15) is 27.4 Å². The van der Waals surface area contributed by atoms with E-state index in [2.05, 4.69) is 66.2 Å². The maximum atomic E-state index is 12.2. The number of thiazole rings is 1. The third-order valence-electron chi connectivity index (χ3n) is 7.87. The average Bonchev–Trinajstić information content (AvgIpc) is 3.53. The molecular weight excluding hydrogens is 581 g/mol. The first kappa shape index (κ1) is 27.2. The van der Waals surface area contributed by atoms with Gasteiger partial charge in [-0.2, -0.15) is 4.57 Å². The standard InChI is InChI=1S/C34H28N2O3S3/c1-2-35-31(40-29-18-16-24-12-6-8-14-27(24)33(29)35)20-26(23-10-4-3-5-11-23)21-32-36(22-42(37,38)39)34-28-15-9-7-13-25(28)17-19-30(34)41-32/h3-21,24,27H,2,22H2,1H3. The number of fused-ring (bicyclic) bond motifs is 6. The Morgan fingerprint density at radius 3 is 2.60 bits per heavy atom. The van der Waals surface area contributed by atoms with E-state index in [0.29, 0.717) is 16.9 Å². The van der Waals surface area contributed by atoms with Gasteiger partial charge in [0.25, 0.3) is 5.01 Å². The Labute approximate surface area is 254 Å². The number of benzene rings is 3. The molecule has 5 nitrogen and oxygen atoms in total. The second-order valence-corrected chi connectivity index (χ2v) is 14.0. The highest BCUT2D eigenvalue weighted by molar-refractivity contribution is 8.03. The Hall–Kier alpha value is -3.69. The molecule has 0 fully saturated rings. The molecule has 7 rings (SSSR count). The van der Waals surface area contributed by atoms with Gasteiger partial charge in [0.15, 0.2) is 0 Å². The molecule has 0 N–H and O–H groups in total. The van der Waals surface area contributed by atoms with Gasteiger partial charge in [0, 0.05) is 22.3 Å². The van der Waals surface area contributed by atoms with E-state index in [-0.39, 0.29) is 0 Å². The van der Waals surface area contributed by atoms with Crippen LogP contribution >= 0.6 is 23.1 Å². The van der Waals surface area contributed by atoms with Crippen LogP contribution in [-0.2, 0) is 16.7 Å². The Morgan fingerprint density at radius 1 is 1.00 bits per heavy atom. The van der Waals surface area contributed by atoms with Crippen LogP contribution in [0.1, 0.15) is 34.0 Å². The zero-order valence-corrected chi connectivity index (χ0v) is 25.3. The molecule has 8 heteroatoms. The molecule has 42 heavy (non-hydrogen) atoms. The molecule has 0 saturated carbocycles. The van der Waals surface area contributed by atoms with Crippen LogP contribution < -0.4 is 9.47 Å². The van der Waals surface area contributed by atoms with Gasteiger partial charge in [-0.05, 0) is 41.7 Å². The van der Waals surface area contributed by atoms with Crippen molar-refractivity contribution in [3.8, 4) is 0 Å². The molecule has 0 radical (unpaired) electrons. The summed E-state index contributed by atoms with van der Waals surface area (Å²) in [5.41, 5.74) is 4.05. The van der Waals surface area contributed by atoms with Crippen molar-refractivity contribution >= 4 is 67.4 Å². The molecule has 3 aromatic carbocycles. The van der Waals surface area contributed by atoms with Crippen LogP contribution in [0, 0.1) is 5.92 Å². The highest BCUT2D eigenvalue weighted by atomic mass is 32.2. The van der Waals surface area contributed by atoms with Crippen molar-refractivity contribution in [2.45, 2.75) is 24.3 Å². The van der Waals surface area contributed by atoms with Gasteiger partial charge in [-0.3, -0.25) is 0 Å². The van der Waals surface area contributed by atoms with Crippen LogP contribution in [0.2, 0.25) is 0 Å². The minimum Gasteiger partial charge on any atom is -0.747 e. The van der Waals surface area contributed by atoms with Crippen molar-refractivity contribution in [2.24, 2.45) is 5.92 Å². The minimum absolute atomic E-state index is 0.304. The van der Waals surface area contributed by atoms with E-state index in [0.717, 1.165) is 44.0 Å². The zero-order valence-electron chi connectivity index (χ0n) is 22.9. The predicted molar refractivity (Wildman–Crippen MR) is 173 cm³/mol. The Balaban J connectivity index is 1.39. The van der Waals surface area contributed by atoms with Crippen LogP contribution in [0.5, 0.6) is 0 Å². The minimum atomic E-state index is -4.55. The molecule has 0 bridgehead atoms. The highest BCUT2D eigenvalue weighted by Gasteiger charge is 2.36. The largest absolute Gasteiger partial charge is 0.747 e. The highest BCUT2D eigenvalue weighted by Crippen LogP contribution is 2.50. The fraction of sp³-hybridized carbons (Fsp3) is 0.147. The average molecular weight is 609 g/mol. The smallest absolute Gasteiger partial charge is 0.263 e. The summed E-state index contributed by atoms with van der Waals surface area (Å²) in [6, 6.07) is 22.0. The monoisotopic (exact) mass is 608 g/mol. The van der Waals surface area contributed by atoms with Gasteiger partial charge in [-0.1, -0.05) is 114 Å². The van der Waals surface area contributed by atoms with Gasteiger partial charge < -0.3 is 9.45 Å². The molecule has 2 heterocycles. The first-order valence-corrected chi connectivity index (χ1v) is 17.1. The van der Waals surface area contributed by atoms with Crippen LogP contribution in [-0.4, -0.2) is 18.8 Å². The summed E-state index contributed by atoms with van der Waals surface area (Å²) in [6.45, 7) is 3.01. The summed E-state index contributed by atoms with van der Waals surface area (Å²) in [5.74, 6) is 0.0243. The number of aromatic nitrogens is 1. The zero-order chi connectivity index (χ0) is 28.8. The van der Waals surface area contributed by atoms with Crippen molar-refractivity contribution in [3.05, 3.63) is 129 Å². The molecule has 1 aliphatic heterocycles. The Kier molecular flexibility index (Phi) is 7.02. The van der Waals surface area contributed by atoms with E-state index < -0.39 is 16.0 Å². The first-order valence-electron chi connectivity index (χ1n) is 13.9. The topological polar surface area (TPSA) is 64.3 Å². The summed E-state index contributed by atoms with van der Waals surface area (Å²) in [6.07, 6.45) is 17.6. The molecule has 0 amide bonds. The number of allylic oxidation sites excluding steroid dienone is 7. The molecule has 4 aromatic rings. The summed E-state index contributed by atoms with van der Waals surface area (Å²) in [5, 5.41) is 3.75. The summed E-state index contributed by atoms with van der Waals surface area (Å²) in [4.78, 5) is 3.86. The van der Waals surface area contributed by atoms with Gasteiger partial charge in [-0.25, -0.2) is 8.42 Å². The number of nitrogens with zero attached hydrogens (tertiary/aromatic N) is 2. The van der Waals surface area contributed by atoms with E-state index in [9.17, 15) is 13.0 Å². The van der Waals surface area contributed by atoms with Crippen molar-refractivity contribution < 1.29 is 17.5 Å². The van der Waals surface area contributed by atoms with E-state index in [1.165, 1.54) is 22.3 Å². The lowest BCUT2D eigenvalue weighted by Crippen LogP contribution is -2.40. The SMILES string of the molecule is CC[n+]1c(/C=C(/C=C2\Sc3ccc4ccccc4c3N2CS(=O)(=O)[O-])c2ccccc2)sc2c1C1C=CC=CC1C=C2. The second-order valence-electron chi connectivity index (χ2n) is 10.5. The number of hydrogen-bond donors (Lipinski definition) is 0. The molecule has 0 spiro atoms. The van der Waals surface area contributed by atoms with Crippen LogP contribution in [0.3, 0.4) is 0 Å². The molecule has 2 atom stereocenters. The van der Waals surface area contributed by atoms with Crippen molar-refractivity contribution in [2.75, 3.05) is 10.8 Å². The lowest BCUT2D eigenvalue weighted by atomic mass is 9.82. The third kappa shape index (κ3) is 4.98. The number of anilines is 1. The third-order valence-corrected chi connectivity index (χ3v) is 10.7. The van der Waals surface area contributed by atoms with Crippen LogP contribution in [0.4, 0.5) is 5.69 Å². The lowest BCUT2D eigenvalue weighted by molar-refractivity contribution is -0.698.